The van der Waals surface area contributed by atoms with Gasteiger partial charge < -0.3 is 10.2 Å². The number of urea groups is 1. The Morgan fingerprint density at radius 2 is 1.64 bits per heavy atom. The largest absolute Gasteiger partial charge is 0.322 e. The molecule has 1 saturated heterocycles. The van der Waals surface area contributed by atoms with Crippen LogP contribution in [0.15, 0.2) is 54.6 Å². The number of carbonyl (C=O) groups excluding carboxylic acids is 1. The number of hydrogen-bond donors (Lipinski definition) is 1. The van der Waals surface area contributed by atoms with E-state index in [-0.39, 0.29) is 6.03 Å². The monoisotopic (exact) mass is 289 g/mol. The molecule has 1 N–H and O–H groups in total. The lowest BCUT2D eigenvalue weighted by Crippen LogP contribution is -2.29. The lowest BCUT2D eigenvalue weighted by molar-refractivity contribution is 0.229. The normalized spacial score (nSPS) is 13.4. The van der Waals surface area contributed by atoms with E-state index < -0.39 is 0 Å². The minimum atomic E-state index is -0.0689. The predicted molar refractivity (Wildman–Crippen MR) is 88.1 cm³/mol. The summed E-state index contributed by atoms with van der Waals surface area (Å²) in [4.78, 5) is 13.7. The minimum absolute atomic E-state index is 0.0689. The number of anilines is 1. The predicted octanol–water partition coefficient (Wildman–Crippen LogP) is 3.88. The third-order valence-electron chi connectivity index (χ3n) is 3.47. The summed E-state index contributed by atoms with van der Waals surface area (Å²) in [7, 11) is 0. The molecule has 3 heteroatoms. The van der Waals surface area contributed by atoms with E-state index in [1.54, 1.807) is 4.90 Å². The fourth-order valence-electron chi connectivity index (χ4n) is 2.28. The summed E-state index contributed by atoms with van der Waals surface area (Å²) in [6, 6.07) is 17.4. The van der Waals surface area contributed by atoms with Crippen molar-refractivity contribution < 1.29 is 4.79 Å². The molecule has 0 atom stereocenters. The molecule has 3 rings (SSSR count). The standard InChI is InChI=1S/C19H17N2O/c22-19(21-14-4-5-15-21)20-18-12-10-17(11-13-18)9-8-16-6-2-1-3-7-16/h1-3,6-7,10-14H,4-5,15H2,(H,20,22). The maximum atomic E-state index is 12.0. The van der Waals surface area contributed by atoms with Gasteiger partial charge in [0.15, 0.2) is 0 Å². The van der Waals surface area contributed by atoms with Crippen molar-refractivity contribution in [2.75, 3.05) is 11.9 Å². The topological polar surface area (TPSA) is 32.3 Å². The molecule has 0 aromatic heterocycles. The second-order valence-electron chi connectivity index (χ2n) is 5.14. The van der Waals surface area contributed by atoms with Gasteiger partial charge >= 0.3 is 6.03 Å². The second-order valence-corrected chi connectivity index (χ2v) is 5.14. The summed E-state index contributed by atoms with van der Waals surface area (Å²) in [5, 5.41) is 2.89. The Balaban J connectivity index is 1.63. The van der Waals surface area contributed by atoms with Gasteiger partial charge in [-0.1, -0.05) is 30.0 Å². The molecule has 0 aliphatic carbocycles. The number of hydrogen-bond acceptors (Lipinski definition) is 1. The van der Waals surface area contributed by atoms with E-state index in [9.17, 15) is 4.79 Å². The first kappa shape index (κ1) is 14.2. The molecule has 22 heavy (non-hydrogen) atoms. The van der Waals surface area contributed by atoms with Crippen molar-refractivity contribution in [2.45, 2.75) is 12.8 Å². The molecule has 3 nitrogen and oxygen atoms in total. The second kappa shape index (κ2) is 6.82. The van der Waals surface area contributed by atoms with Gasteiger partial charge in [-0.2, -0.15) is 0 Å². The Kier molecular flexibility index (Phi) is 4.41. The summed E-state index contributed by atoms with van der Waals surface area (Å²) in [5.74, 6) is 6.23. The quantitative estimate of drug-likeness (QED) is 0.794. The molecule has 109 valence electrons. The van der Waals surface area contributed by atoms with Gasteiger partial charge in [0, 0.05) is 23.4 Å². The minimum Gasteiger partial charge on any atom is -0.319 e. The highest BCUT2D eigenvalue weighted by atomic mass is 16.2. The van der Waals surface area contributed by atoms with Gasteiger partial charge in [0.2, 0.25) is 0 Å². The maximum absolute atomic E-state index is 12.0. The van der Waals surface area contributed by atoms with E-state index in [1.165, 1.54) is 0 Å². The molecule has 0 saturated carbocycles. The molecule has 1 fully saturated rings. The molecule has 1 aliphatic heterocycles. The zero-order valence-corrected chi connectivity index (χ0v) is 12.3. The van der Waals surface area contributed by atoms with Crippen molar-refractivity contribution >= 4 is 11.7 Å². The SMILES string of the molecule is O=C(Nc1ccc(C#Cc2ccccc2)cc1)N1[CH]CCC1. The van der Waals surface area contributed by atoms with E-state index in [2.05, 4.69) is 17.2 Å². The summed E-state index contributed by atoms with van der Waals surface area (Å²) < 4.78 is 0. The lowest BCUT2D eigenvalue weighted by Gasteiger charge is -2.15. The van der Waals surface area contributed by atoms with Crippen LogP contribution in [0.4, 0.5) is 10.5 Å². The first-order chi connectivity index (χ1) is 10.8. The highest BCUT2D eigenvalue weighted by molar-refractivity contribution is 5.90. The molecular weight excluding hydrogens is 272 g/mol. The van der Waals surface area contributed by atoms with Crippen molar-refractivity contribution in [3.05, 3.63) is 72.3 Å². The van der Waals surface area contributed by atoms with Crippen LogP contribution in [0, 0.1) is 18.4 Å². The third kappa shape index (κ3) is 3.67. The number of nitrogens with one attached hydrogen (secondary N) is 1. The highest BCUT2D eigenvalue weighted by Crippen LogP contribution is 2.15. The molecule has 0 spiro atoms. The van der Waals surface area contributed by atoms with Gasteiger partial charge in [-0.05, 0) is 49.2 Å². The van der Waals surface area contributed by atoms with Gasteiger partial charge in [0.25, 0.3) is 0 Å². The van der Waals surface area contributed by atoms with Crippen molar-refractivity contribution in [1.82, 2.24) is 4.90 Å². The molecule has 0 bridgehead atoms. The van der Waals surface area contributed by atoms with Crippen molar-refractivity contribution in [3.63, 3.8) is 0 Å². The van der Waals surface area contributed by atoms with Crippen LogP contribution < -0.4 is 5.32 Å². The molecule has 2 aromatic rings. The van der Waals surface area contributed by atoms with Crippen LogP contribution in [0.5, 0.6) is 0 Å². The first-order valence-electron chi connectivity index (χ1n) is 7.39. The average Bonchev–Trinajstić information content (AvgIpc) is 3.10. The van der Waals surface area contributed by atoms with Crippen molar-refractivity contribution in [2.24, 2.45) is 0 Å². The van der Waals surface area contributed by atoms with Gasteiger partial charge in [-0.25, -0.2) is 4.79 Å². The summed E-state index contributed by atoms with van der Waals surface area (Å²) in [5.41, 5.74) is 2.70. The fourth-order valence-corrected chi connectivity index (χ4v) is 2.28. The summed E-state index contributed by atoms with van der Waals surface area (Å²) in [6.45, 7) is 2.74. The van der Waals surface area contributed by atoms with Crippen LogP contribution in [-0.4, -0.2) is 17.5 Å². The van der Waals surface area contributed by atoms with Crippen LogP contribution in [0.1, 0.15) is 24.0 Å². The van der Waals surface area contributed by atoms with E-state index in [0.29, 0.717) is 0 Å². The van der Waals surface area contributed by atoms with Crippen molar-refractivity contribution in [3.8, 4) is 11.8 Å². The van der Waals surface area contributed by atoms with Gasteiger partial charge in [0.05, 0.1) is 6.54 Å². The molecular formula is C19H17N2O. The van der Waals surface area contributed by atoms with Crippen LogP contribution in [0.3, 0.4) is 0 Å². The van der Waals surface area contributed by atoms with E-state index in [1.807, 2.05) is 61.1 Å². The van der Waals surface area contributed by atoms with Gasteiger partial charge in [-0.15, -0.1) is 0 Å². The number of rotatable bonds is 1. The van der Waals surface area contributed by atoms with Crippen LogP contribution in [0.25, 0.3) is 0 Å². The zero-order valence-electron chi connectivity index (χ0n) is 12.3. The Labute approximate surface area is 131 Å². The molecule has 1 radical (unpaired) electrons. The molecule has 0 unspecified atom stereocenters. The van der Waals surface area contributed by atoms with E-state index >= 15 is 0 Å². The van der Waals surface area contributed by atoms with Crippen molar-refractivity contribution in [1.29, 1.82) is 0 Å². The number of likely N-dealkylation sites (tertiary alicyclic amines) is 1. The van der Waals surface area contributed by atoms with Gasteiger partial charge in [0.1, 0.15) is 0 Å². The number of amides is 2. The van der Waals surface area contributed by atoms with E-state index in [0.717, 1.165) is 36.2 Å². The summed E-state index contributed by atoms with van der Waals surface area (Å²) >= 11 is 0. The van der Waals surface area contributed by atoms with Crippen LogP contribution in [0.2, 0.25) is 0 Å². The van der Waals surface area contributed by atoms with Gasteiger partial charge in [-0.3, -0.25) is 0 Å². The highest BCUT2D eigenvalue weighted by Gasteiger charge is 2.17. The van der Waals surface area contributed by atoms with Crippen LogP contribution >= 0.6 is 0 Å². The summed E-state index contributed by atoms with van der Waals surface area (Å²) in [6.07, 6.45) is 2.02. The van der Waals surface area contributed by atoms with E-state index in [4.69, 9.17) is 0 Å². The third-order valence-corrected chi connectivity index (χ3v) is 3.47. The maximum Gasteiger partial charge on any atom is 0.322 e. The zero-order chi connectivity index (χ0) is 15.2. The smallest absolute Gasteiger partial charge is 0.319 e. The average molecular weight is 289 g/mol. The Morgan fingerprint density at radius 1 is 0.955 bits per heavy atom. The Morgan fingerprint density at radius 3 is 2.27 bits per heavy atom. The number of nitrogens with zero attached hydrogens (tertiary/aromatic N) is 1. The number of benzene rings is 2. The molecule has 1 heterocycles. The lowest BCUT2D eigenvalue weighted by atomic mass is 10.2. The first-order valence-corrected chi connectivity index (χ1v) is 7.39. The molecule has 2 aromatic carbocycles. The molecule has 2 amide bonds. The fraction of sp³-hybridized carbons (Fsp3) is 0.158. The number of carbonyl (C=O) groups is 1. The van der Waals surface area contributed by atoms with Crippen LogP contribution in [-0.2, 0) is 0 Å². The Bertz CT molecular complexity index is 690. The Hall–Kier alpha value is -2.73. The molecule has 1 aliphatic rings.